The highest BCUT2D eigenvalue weighted by Crippen LogP contribution is 2.28. The van der Waals surface area contributed by atoms with E-state index in [4.69, 9.17) is 16.3 Å². The zero-order chi connectivity index (χ0) is 25.8. The molecule has 1 fully saturated rings. The van der Waals surface area contributed by atoms with Crippen LogP contribution in [0.1, 0.15) is 5.56 Å². The van der Waals surface area contributed by atoms with E-state index in [0.29, 0.717) is 5.69 Å². The Morgan fingerprint density at radius 3 is 2.44 bits per heavy atom. The minimum absolute atomic E-state index is 0.0698. The first kappa shape index (κ1) is 24.4. The molecule has 5 amide bonds. The van der Waals surface area contributed by atoms with E-state index in [1.807, 2.05) is 0 Å². The monoisotopic (exact) mass is 509 g/mol. The maximum Gasteiger partial charge on any atom is 0.335 e. The second-order valence-corrected chi connectivity index (χ2v) is 7.94. The fraction of sp³-hybridized carbons (Fsp3) is 0.0400. The molecule has 182 valence electrons. The number of anilines is 2. The molecule has 0 aromatic heterocycles. The lowest BCUT2D eigenvalue weighted by atomic mass is 10.1. The molecule has 3 N–H and O–H groups in total. The first-order valence-corrected chi connectivity index (χ1v) is 10.8. The smallest absolute Gasteiger partial charge is 0.335 e. The first-order chi connectivity index (χ1) is 17.2. The maximum absolute atomic E-state index is 13.1. The topological polar surface area (TPSA) is 125 Å². The maximum atomic E-state index is 13.1. The molecule has 0 radical (unpaired) electrons. The van der Waals surface area contributed by atoms with Crippen molar-refractivity contribution < 1.29 is 33.4 Å². The molecule has 0 unspecified atom stereocenters. The molecule has 4 rings (SSSR count). The molecule has 3 aromatic rings. The Morgan fingerprint density at radius 2 is 1.75 bits per heavy atom. The number of rotatable bonds is 6. The minimum Gasteiger partial charge on any atom is -0.508 e. The summed E-state index contributed by atoms with van der Waals surface area (Å²) in [5.74, 6) is -2.76. The quantitative estimate of drug-likeness (QED) is 0.342. The number of imide groups is 2. The molecule has 36 heavy (non-hydrogen) atoms. The van der Waals surface area contributed by atoms with Gasteiger partial charge in [-0.1, -0.05) is 11.6 Å². The van der Waals surface area contributed by atoms with Crippen molar-refractivity contribution >= 4 is 52.8 Å². The number of urea groups is 1. The number of carbonyl (C=O) groups excluding carboxylic acids is 4. The van der Waals surface area contributed by atoms with E-state index in [-0.39, 0.29) is 33.3 Å². The second-order valence-electron chi connectivity index (χ2n) is 7.50. The Labute approximate surface area is 208 Å². The first-order valence-electron chi connectivity index (χ1n) is 10.4. The summed E-state index contributed by atoms with van der Waals surface area (Å²) >= 11 is 6.08. The largest absolute Gasteiger partial charge is 0.508 e. The summed E-state index contributed by atoms with van der Waals surface area (Å²) in [6.45, 7) is -0.437. The minimum atomic E-state index is -0.951. The average molecular weight is 510 g/mol. The normalized spacial score (nSPS) is 14.6. The van der Waals surface area contributed by atoms with Crippen LogP contribution in [0.15, 0.2) is 72.3 Å². The summed E-state index contributed by atoms with van der Waals surface area (Å²) in [4.78, 5) is 50.9. The van der Waals surface area contributed by atoms with Gasteiger partial charge in [0.2, 0.25) is 0 Å². The Morgan fingerprint density at radius 1 is 1.06 bits per heavy atom. The van der Waals surface area contributed by atoms with Crippen LogP contribution in [0, 0.1) is 5.82 Å². The molecule has 1 heterocycles. The Hall–Kier alpha value is -4.70. The van der Waals surface area contributed by atoms with E-state index in [1.54, 1.807) is 0 Å². The number of carbonyl (C=O) groups is 4. The molecule has 0 spiro atoms. The van der Waals surface area contributed by atoms with E-state index in [0.717, 1.165) is 4.90 Å². The predicted molar refractivity (Wildman–Crippen MR) is 129 cm³/mol. The van der Waals surface area contributed by atoms with Gasteiger partial charge < -0.3 is 15.2 Å². The highest BCUT2D eigenvalue weighted by atomic mass is 35.5. The van der Waals surface area contributed by atoms with E-state index >= 15 is 0 Å². The van der Waals surface area contributed by atoms with Gasteiger partial charge in [0.15, 0.2) is 6.61 Å². The third-order valence-electron chi connectivity index (χ3n) is 4.97. The molecule has 1 saturated heterocycles. The van der Waals surface area contributed by atoms with E-state index < -0.39 is 36.2 Å². The highest BCUT2D eigenvalue weighted by molar-refractivity contribution is 6.39. The van der Waals surface area contributed by atoms with E-state index in [9.17, 15) is 28.7 Å². The number of barbiturate groups is 1. The Bertz CT molecular complexity index is 1390. The summed E-state index contributed by atoms with van der Waals surface area (Å²) < 4.78 is 18.6. The van der Waals surface area contributed by atoms with Gasteiger partial charge >= 0.3 is 6.03 Å². The molecule has 1 aliphatic heterocycles. The summed E-state index contributed by atoms with van der Waals surface area (Å²) in [6, 6.07) is 13.8. The molecule has 0 saturated carbocycles. The van der Waals surface area contributed by atoms with Gasteiger partial charge in [0.05, 0.1) is 5.69 Å². The molecule has 1 aliphatic rings. The fourth-order valence-corrected chi connectivity index (χ4v) is 3.47. The third-order valence-corrected chi connectivity index (χ3v) is 5.20. The van der Waals surface area contributed by atoms with Gasteiger partial charge in [-0.05, 0) is 72.8 Å². The zero-order valence-corrected chi connectivity index (χ0v) is 19.1. The van der Waals surface area contributed by atoms with Crippen molar-refractivity contribution in [3.8, 4) is 11.5 Å². The van der Waals surface area contributed by atoms with Crippen LogP contribution < -0.4 is 20.3 Å². The van der Waals surface area contributed by atoms with Crippen molar-refractivity contribution in [2.45, 2.75) is 0 Å². The van der Waals surface area contributed by atoms with Crippen molar-refractivity contribution in [2.75, 3.05) is 16.8 Å². The lowest BCUT2D eigenvalue weighted by Gasteiger charge is -2.26. The highest BCUT2D eigenvalue weighted by Gasteiger charge is 2.37. The molecule has 0 atom stereocenters. The van der Waals surface area contributed by atoms with Gasteiger partial charge in [-0.3, -0.25) is 19.7 Å². The van der Waals surface area contributed by atoms with E-state index in [1.165, 1.54) is 72.8 Å². The van der Waals surface area contributed by atoms with Crippen LogP contribution in [-0.4, -0.2) is 35.5 Å². The Balaban J connectivity index is 1.57. The number of nitrogens with one attached hydrogen (secondary N) is 2. The zero-order valence-electron chi connectivity index (χ0n) is 18.3. The average Bonchev–Trinajstić information content (AvgIpc) is 2.84. The number of phenolic OH excluding ortho intramolecular Hbond substituents is 1. The van der Waals surface area contributed by atoms with Crippen LogP contribution in [0.2, 0.25) is 5.02 Å². The van der Waals surface area contributed by atoms with Gasteiger partial charge in [0, 0.05) is 16.3 Å². The van der Waals surface area contributed by atoms with Gasteiger partial charge in [0.1, 0.15) is 22.9 Å². The van der Waals surface area contributed by atoms with E-state index in [2.05, 4.69) is 10.6 Å². The third kappa shape index (κ3) is 5.50. The number of amides is 5. The van der Waals surface area contributed by atoms with Gasteiger partial charge in [0.25, 0.3) is 17.7 Å². The van der Waals surface area contributed by atoms with Crippen LogP contribution in [0.5, 0.6) is 11.5 Å². The second kappa shape index (κ2) is 10.3. The lowest BCUT2D eigenvalue weighted by molar-refractivity contribution is -0.122. The summed E-state index contributed by atoms with van der Waals surface area (Å²) in [6.07, 6.45) is 1.19. The molecule has 9 nitrogen and oxygen atoms in total. The SMILES string of the molecule is O=C(COc1ccc(Cl)cc1/C=C1/C(=O)NC(=O)N(c2ccc(O)cc2)C1=O)Nc1ccc(F)cc1. The number of benzene rings is 3. The number of halogens is 2. The molecule has 0 bridgehead atoms. The van der Waals surface area contributed by atoms with Gasteiger partial charge in [-0.2, -0.15) is 0 Å². The van der Waals surface area contributed by atoms with Crippen molar-refractivity contribution in [1.29, 1.82) is 0 Å². The number of nitrogens with zero attached hydrogens (tertiary/aromatic N) is 1. The van der Waals surface area contributed by atoms with Crippen LogP contribution in [-0.2, 0) is 14.4 Å². The molecule has 0 aliphatic carbocycles. The van der Waals surface area contributed by atoms with Crippen molar-refractivity contribution in [2.24, 2.45) is 0 Å². The van der Waals surface area contributed by atoms with Crippen LogP contribution in [0.25, 0.3) is 6.08 Å². The molecule has 3 aromatic carbocycles. The standard InChI is InChI=1S/C25H17ClFN3O6/c26-15-1-10-21(36-13-22(32)28-17-4-2-16(27)3-5-17)14(11-15)12-20-23(33)29-25(35)30(24(20)34)18-6-8-19(31)9-7-18/h1-12,31H,13H2,(H,28,32)(H,29,33,35)/b20-12-. The number of ether oxygens (including phenoxy) is 1. The van der Waals surface area contributed by atoms with Gasteiger partial charge in [-0.25, -0.2) is 14.1 Å². The molecular formula is C25H17ClFN3O6. The van der Waals surface area contributed by atoms with Crippen molar-refractivity contribution in [1.82, 2.24) is 5.32 Å². The summed E-state index contributed by atoms with van der Waals surface area (Å²) in [5.41, 5.74) is 0.321. The van der Waals surface area contributed by atoms with Crippen molar-refractivity contribution in [3.63, 3.8) is 0 Å². The summed E-state index contributed by atoms with van der Waals surface area (Å²) in [5, 5.41) is 14.4. The summed E-state index contributed by atoms with van der Waals surface area (Å²) in [7, 11) is 0. The molecular weight excluding hydrogens is 493 g/mol. The van der Waals surface area contributed by atoms with Crippen LogP contribution in [0.3, 0.4) is 0 Å². The fourth-order valence-electron chi connectivity index (χ4n) is 3.29. The number of hydrogen-bond donors (Lipinski definition) is 3. The predicted octanol–water partition coefficient (Wildman–Crippen LogP) is 3.87. The van der Waals surface area contributed by atoms with Crippen molar-refractivity contribution in [3.05, 3.63) is 88.7 Å². The van der Waals surface area contributed by atoms with Crippen LogP contribution in [0.4, 0.5) is 20.6 Å². The number of phenols is 1. The lowest BCUT2D eigenvalue weighted by Crippen LogP contribution is -2.54. The van der Waals surface area contributed by atoms with Crippen LogP contribution >= 0.6 is 11.6 Å². The van der Waals surface area contributed by atoms with Gasteiger partial charge in [-0.15, -0.1) is 0 Å². The number of hydrogen-bond acceptors (Lipinski definition) is 6. The molecule has 11 heteroatoms. The Kier molecular flexibility index (Phi) is 6.98. The number of aromatic hydroxyl groups is 1.